The van der Waals surface area contributed by atoms with E-state index in [1.165, 1.54) is 32.1 Å². The van der Waals surface area contributed by atoms with Crippen LogP contribution in [0.15, 0.2) is 194 Å². The van der Waals surface area contributed by atoms with Gasteiger partial charge in [0.25, 0.3) is 0 Å². The molecular weight excluding hydrogens is 1020 g/mol. The molecule has 0 bridgehead atoms. The van der Waals surface area contributed by atoms with Crippen LogP contribution in [-0.4, -0.2) is 37.2 Å². The molecule has 0 saturated carbocycles. The largest absolute Gasteiger partial charge is 0.462 e. The van der Waals surface area contributed by atoms with Gasteiger partial charge in [0.2, 0.25) is 0 Å². The number of allylic oxidation sites excluding steroid dienone is 32. The van der Waals surface area contributed by atoms with Gasteiger partial charge in [-0.15, -0.1) is 0 Å². The van der Waals surface area contributed by atoms with E-state index in [-0.39, 0.29) is 37.5 Å². The van der Waals surface area contributed by atoms with Crippen LogP contribution in [0.1, 0.15) is 252 Å². The maximum atomic E-state index is 12.8. The first kappa shape index (κ1) is 77.2. The third-order valence-corrected chi connectivity index (χ3v) is 13.1. The second kappa shape index (κ2) is 68.7. The first-order valence-electron chi connectivity index (χ1n) is 32.9. The maximum absolute atomic E-state index is 12.8. The van der Waals surface area contributed by atoms with Crippen molar-refractivity contribution in [3.05, 3.63) is 194 Å². The van der Waals surface area contributed by atoms with E-state index in [1.54, 1.807) is 0 Å². The Bertz CT molecular complexity index is 1990. The molecule has 0 aromatic carbocycles. The average molecular weight is 1140 g/mol. The van der Waals surface area contributed by atoms with E-state index in [1.807, 2.05) is 0 Å². The van der Waals surface area contributed by atoms with Crippen LogP contribution >= 0.6 is 0 Å². The van der Waals surface area contributed by atoms with Crippen LogP contribution in [-0.2, 0) is 28.6 Å². The summed E-state index contributed by atoms with van der Waals surface area (Å²) in [6.07, 6.45) is 105. The lowest BCUT2D eigenvalue weighted by Crippen LogP contribution is -2.30. The number of esters is 3. The van der Waals surface area contributed by atoms with E-state index in [0.29, 0.717) is 19.3 Å². The van der Waals surface area contributed by atoms with Gasteiger partial charge < -0.3 is 14.2 Å². The van der Waals surface area contributed by atoms with Gasteiger partial charge in [-0.1, -0.05) is 279 Å². The summed E-state index contributed by atoms with van der Waals surface area (Å²) in [6.45, 7) is 6.26. The Kier molecular flexibility index (Phi) is 64.0. The third-order valence-electron chi connectivity index (χ3n) is 13.1. The van der Waals surface area contributed by atoms with Crippen molar-refractivity contribution in [1.82, 2.24) is 0 Å². The number of hydrogen-bond donors (Lipinski definition) is 0. The molecular formula is C77H118O6. The van der Waals surface area contributed by atoms with Gasteiger partial charge in [0, 0.05) is 19.3 Å². The Morgan fingerprint density at radius 1 is 0.253 bits per heavy atom. The van der Waals surface area contributed by atoms with Gasteiger partial charge >= 0.3 is 17.9 Å². The highest BCUT2D eigenvalue weighted by molar-refractivity contribution is 5.71. The fraction of sp³-hybridized carbons (Fsp3) is 0.545. The van der Waals surface area contributed by atoms with E-state index in [0.717, 1.165) is 173 Å². The molecule has 0 rings (SSSR count). The summed E-state index contributed by atoms with van der Waals surface area (Å²) in [4.78, 5) is 37.9. The molecule has 1 unspecified atom stereocenters. The van der Waals surface area contributed by atoms with Crippen molar-refractivity contribution in [2.75, 3.05) is 13.2 Å². The van der Waals surface area contributed by atoms with Gasteiger partial charge in [-0.25, -0.2) is 0 Å². The number of ether oxygens (including phenoxy) is 3. The maximum Gasteiger partial charge on any atom is 0.306 e. The predicted molar refractivity (Wildman–Crippen MR) is 361 cm³/mol. The Morgan fingerprint density at radius 3 is 0.759 bits per heavy atom. The zero-order valence-corrected chi connectivity index (χ0v) is 52.9. The number of unbranched alkanes of at least 4 members (excludes halogenated alkanes) is 14. The molecule has 0 aliphatic heterocycles. The Labute approximate surface area is 509 Å². The van der Waals surface area contributed by atoms with Gasteiger partial charge in [0.1, 0.15) is 13.2 Å². The van der Waals surface area contributed by atoms with E-state index >= 15 is 0 Å². The smallest absolute Gasteiger partial charge is 0.306 e. The summed E-state index contributed by atoms with van der Waals surface area (Å²) in [5.74, 6) is -0.985. The van der Waals surface area contributed by atoms with E-state index in [9.17, 15) is 14.4 Å². The van der Waals surface area contributed by atoms with Crippen molar-refractivity contribution in [1.29, 1.82) is 0 Å². The van der Waals surface area contributed by atoms with Crippen LogP contribution < -0.4 is 0 Å². The Hall–Kier alpha value is -5.75. The molecule has 0 aromatic rings. The van der Waals surface area contributed by atoms with Gasteiger partial charge in [-0.2, -0.15) is 0 Å². The van der Waals surface area contributed by atoms with Crippen molar-refractivity contribution in [2.45, 2.75) is 258 Å². The molecule has 0 saturated heterocycles. The number of carbonyl (C=O) groups is 3. The van der Waals surface area contributed by atoms with Crippen LogP contribution in [0.3, 0.4) is 0 Å². The molecule has 0 aliphatic rings. The van der Waals surface area contributed by atoms with Gasteiger partial charge in [-0.05, 0) is 148 Å². The zero-order chi connectivity index (χ0) is 59.9. The molecule has 1 atom stereocenters. The van der Waals surface area contributed by atoms with Crippen LogP contribution in [0.5, 0.6) is 0 Å². The van der Waals surface area contributed by atoms with Crippen molar-refractivity contribution >= 4 is 17.9 Å². The van der Waals surface area contributed by atoms with E-state index in [4.69, 9.17) is 14.2 Å². The first-order valence-corrected chi connectivity index (χ1v) is 32.9. The van der Waals surface area contributed by atoms with Crippen LogP contribution in [0.2, 0.25) is 0 Å². The minimum Gasteiger partial charge on any atom is -0.462 e. The quantitative estimate of drug-likeness (QED) is 0.0261. The number of carbonyl (C=O) groups excluding carboxylic acids is 3. The lowest BCUT2D eigenvalue weighted by atomic mass is 10.1. The monoisotopic (exact) mass is 1140 g/mol. The minimum absolute atomic E-state index is 0.108. The van der Waals surface area contributed by atoms with Crippen molar-refractivity contribution in [2.24, 2.45) is 0 Å². The molecule has 0 fully saturated rings. The summed E-state index contributed by atoms with van der Waals surface area (Å²) in [6, 6.07) is 0. The van der Waals surface area contributed by atoms with Crippen molar-refractivity contribution in [3.63, 3.8) is 0 Å². The van der Waals surface area contributed by atoms with Gasteiger partial charge in [-0.3, -0.25) is 14.4 Å². The molecule has 462 valence electrons. The highest BCUT2D eigenvalue weighted by Gasteiger charge is 2.19. The first-order chi connectivity index (χ1) is 41.0. The molecule has 6 nitrogen and oxygen atoms in total. The Morgan fingerprint density at radius 2 is 0.470 bits per heavy atom. The average Bonchev–Trinajstić information content (AvgIpc) is 3.49. The minimum atomic E-state index is -0.813. The van der Waals surface area contributed by atoms with Gasteiger partial charge in [0.05, 0.1) is 0 Å². The summed E-state index contributed by atoms with van der Waals surface area (Å²) in [5, 5.41) is 0. The van der Waals surface area contributed by atoms with Crippen LogP contribution in [0.4, 0.5) is 0 Å². The Balaban J connectivity index is 4.19. The second-order valence-corrected chi connectivity index (χ2v) is 20.9. The molecule has 6 heteroatoms. The normalized spacial score (nSPS) is 13.4. The van der Waals surface area contributed by atoms with Crippen molar-refractivity contribution in [3.8, 4) is 0 Å². The molecule has 0 spiro atoms. The molecule has 0 aromatic heterocycles. The zero-order valence-electron chi connectivity index (χ0n) is 52.9. The third kappa shape index (κ3) is 66.9. The molecule has 0 aliphatic carbocycles. The summed E-state index contributed by atoms with van der Waals surface area (Å²) >= 11 is 0. The summed E-state index contributed by atoms with van der Waals surface area (Å²) in [7, 11) is 0. The number of rotatable bonds is 57. The van der Waals surface area contributed by atoms with E-state index in [2.05, 4.69) is 215 Å². The second-order valence-electron chi connectivity index (χ2n) is 20.9. The number of hydrogen-bond acceptors (Lipinski definition) is 6. The fourth-order valence-electron chi connectivity index (χ4n) is 8.24. The fourth-order valence-corrected chi connectivity index (χ4v) is 8.24. The summed E-state index contributed by atoms with van der Waals surface area (Å²) in [5.41, 5.74) is 0. The molecule has 0 heterocycles. The standard InChI is InChI=1S/C77H118O6/c1-4-7-10-13-15-17-19-21-23-25-27-29-31-33-35-36-37-38-39-40-42-43-45-47-49-51-53-55-57-59-61-64-67-70-76(79)82-73-74(72-81-75(78)69-66-63-12-9-6-3)83-77(80)71-68-65-62-60-58-56-54-52-50-48-46-44-41-34-32-30-28-26-24-22-20-18-16-14-11-8-5-2/h7-8,10-11,15-18,21-24,27-30,33-35,37-38,40-42,45-48,52,54,58,60,74H,4-6,9,12-14,19-20,25-26,31-32,36,39,43-44,49-51,53,55-57,59,61-73H2,1-3H3/b10-7-,11-8-,17-15-,18-16-,23-21-,24-22-,29-27-,30-28-,35-33-,38-37-,41-34-,42-40-,47-45-,48-46-,54-52-,60-58-. The molecule has 0 amide bonds. The summed E-state index contributed by atoms with van der Waals surface area (Å²) < 4.78 is 16.7. The molecule has 0 radical (unpaired) electrons. The predicted octanol–water partition coefficient (Wildman–Crippen LogP) is 23.0. The topological polar surface area (TPSA) is 78.9 Å². The van der Waals surface area contributed by atoms with Crippen LogP contribution in [0.25, 0.3) is 0 Å². The van der Waals surface area contributed by atoms with Crippen molar-refractivity contribution < 1.29 is 28.6 Å². The highest BCUT2D eigenvalue weighted by atomic mass is 16.6. The van der Waals surface area contributed by atoms with E-state index < -0.39 is 6.10 Å². The highest BCUT2D eigenvalue weighted by Crippen LogP contribution is 2.13. The van der Waals surface area contributed by atoms with Crippen LogP contribution in [0, 0.1) is 0 Å². The lowest BCUT2D eigenvalue weighted by Gasteiger charge is -2.18. The molecule has 0 N–H and O–H groups in total. The van der Waals surface area contributed by atoms with Gasteiger partial charge in [0.15, 0.2) is 6.10 Å². The lowest BCUT2D eigenvalue weighted by molar-refractivity contribution is -0.167. The SMILES string of the molecule is CC/C=C\C/C=C\C/C=C\C/C=C\C/C=C\C/C=C\C/C=C\C/C=C\CCCCCCCCCCC(=O)OCC(COC(=O)CCCCCCC)OC(=O)CCCC/C=C\C/C=C\C/C=C\C/C=C\C/C=C\C/C=C\C/C=C\C/C=C\CC. The molecule has 83 heavy (non-hydrogen) atoms.